The van der Waals surface area contributed by atoms with E-state index in [0.29, 0.717) is 18.9 Å². The highest BCUT2D eigenvalue weighted by molar-refractivity contribution is 6.16. The van der Waals surface area contributed by atoms with E-state index in [1.54, 1.807) is 17.3 Å². The fraction of sp³-hybridized carbons (Fsp3) is 0.312. The van der Waals surface area contributed by atoms with Crippen LogP contribution in [0.1, 0.15) is 53.7 Å². The number of rotatable bonds is 5. The number of alkyl halides is 2. The molecule has 4 aromatic rings. The molecule has 1 aromatic carbocycles. The number of anilines is 1. The number of pyridine rings is 2. The molecule has 2 unspecified atom stereocenters. The van der Waals surface area contributed by atoms with E-state index in [2.05, 4.69) is 33.9 Å². The second kappa shape index (κ2) is 9.09. The number of aromatic amines is 1. The largest absolute Gasteiger partial charge is 0.339 e. The lowest BCUT2D eigenvalue weighted by atomic mass is 9.74. The van der Waals surface area contributed by atoms with Crippen molar-refractivity contribution in [3.63, 3.8) is 0 Å². The summed E-state index contributed by atoms with van der Waals surface area (Å²) in [5.41, 5.74) is 6.70. The number of allylic oxidation sites excluding steroid dienone is 1. The molecular weight excluding hydrogens is 539 g/mol. The topological polar surface area (TPSA) is 73.1 Å². The van der Waals surface area contributed by atoms with E-state index in [-0.39, 0.29) is 24.9 Å². The first kappa shape index (κ1) is 25.4. The van der Waals surface area contributed by atoms with Crippen LogP contribution in [-0.2, 0) is 12.0 Å². The predicted molar refractivity (Wildman–Crippen MR) is 154 cm³/mol. The minimum Gasteiger partial charge on any atom is -0.339 e. The van der Waals surface area contributed by atoms with Gasteiger partial charge in [-0.1, -0.05) is 18.2 Å². The fourth-order valence-electron chi connectivity index (χ4n) is 6.45. The maximum absolute atomic E-state index is 13.7. The minimum atomic E-state index is -2.63. The molecule has 4 aliphatic rings. The van der Waals surface area contributed by atoms with E-state index >= 15 is 0 Å². The zero-order valence-corrected chi connectivity index (χ0v) is 23.0. The van der Waals surface area contributed by atoms with Crippen molar-refractivity contribution in [3.05, 3.63) is 101 Å². The molecule has 212 valence electrons. The fourth-order valence-corrected chi connectivity index (χ4v) is 6.45. The number of halogens is 3. The van der Waals surface area contributed by atoms with E-state index in [1.807, 2.05) is 30.5 Å². The van der Waals surface area contributed by atoms with Gasteiger partial charge in [0.25, 0.3) is 5.92 Å². The van der Waals surface area contributed by atoms with Crippen molar-refractivity contribution in [2.24, 2.45) is 4.99 Å². The van der Waals surface area contributed by atoms with Crippen LogP contribution >= 0.6 is 0 Å². The Labute approximate surface area is 240 Å². The lowest BCUT2D eigenvalue weighted by Crippen LogP contribution is -2.26. The summed E-state index contributed by atoms with van der Waals surface area (Å²) in [6.45, 7) is 3.52. The molecule has 0 saturated carbocycles. The molecule has 2 saturated heterocycles. The molecule has 3 aromatic heterocycles. The molecule has 1 aliphatic carbocycles. The van der Waals surface area contributed by atoms with Crippen LogP contribution < -0.4 is 4.90 Å². The van der Waals surface area contributed by atoms with Gasteiger partial charge in [-0.2, -0.15) is 0 Å². The molecule has 42 heavy (non-hydrogen) atoms. The molecule has 0 radical (unpaired) electrons. The summed E-state index contributed by atoms with van der Waals surface area (Å²) in [5, 5.41) is 0. The molecule has 2 atom stereocenters. The highest BCUT2D eigenvalue weighted by Gasteiger charge is 2.43. The highest BCUT2D eigenvalue weighted by atomic mass is 19.3. The Bertz CT molecular complexity index is 1780. The Kier molecular flexibility index (Phi) is 5.50. The van der Waals surface area contributed by atoms with Crippen LogP contribution in [-0.4, -0.2) is 62.3 Å². The predicted octanol–water partition coefficient (Wildman–Crippen LogP) is 5.57. The SMILES string of the molecule is CC1(c2ccc(F)cc2)CC=Cc2nc(C3=NC4CN4c4ncc(-c5cncc(CN6CCC(F)(F)C6)c5)cc43)[nH]c21. The summed E-state index contributed by atoms with van der Waals surface area (Å²) in [5.74, 6) is -1.35. The Morgan fingerprint density at radius 1 is 1.07 bits per heavy atom. The van der Waals surface area contributed by atoms with Crippen LogP contribution in [0.5, 0.6) is 0 Å². The number of imidazole rings is 1. The Morgan fingerprint density at radius 3 is 2.71 bits per heavy atom. The summed E-state index contributed by atoms with van der Waals surface area (Å²) in [7, 11) is 0. The monoisotopic (exact) mass is 567 g/mol. The third kappa shape index (κ3) is 4.24. The number of hydrogen-bond acceptors (Lipinski definition) is 6. The smallest absolute Gasteiger partial charge is 0.261 e. The third-order valence-corrected chi connectivity index (χ3v) is 8.83. The van der Waals surface area contributed by atoms with Gasteiger partial charge in [-0.15, -0.1) is 0 Å². The lowest BCUT2D eigenvalue weighted by molar-refractivity contribution is 0.0115. The van der Waals surface area contributed by atoms with Crippen LogP contribution in [0.3, 0.4) is 0 Å². The molecule has 6 heterocycles. The van der Waals surface area contributed by atoms with Crippen LogP contribution in [0, 0.1) is 5.82 Å². The van der Waals surface area contributed by atoms with Crippen molar-refractivity contribution < 1.29 is 13.2 Å². The van der Waals surface area contributed by atoms with Gasteiger partial charge in [0.2, 0.25) is 0 Å². The van der Waals surface area contributed by atoms with Gasteiger partial charge in [-0.3, -0.25) is 14.9 Å². The van der Waals surface area contributed by atoms with Gasteiger partial charge in [0.15, 0.2) is 5.82 Å². The van der Waals surface area contributed by atoms with E-state index in [1.165, 1.54) is 12.1 Å². The van der Waals surface area contributed by atoms with Crippen LogP contribution in [0.2, 0.25) is 0 Å². The maximum atomic E-state index is 13.7. The molecule has 7 nitrogen and oxygen atoms in total. The second-order valence-corrected chi connectivity index (χ2v) is 11.9. The summed E-state index contributed by atoms with van der Waals surface area (Å²) >= 11 is 0. The average Bonchev–Trinajstić information content (AvgIpc) is 3.50. The first-order valence-electron chi connectivity index (χ1n) is 14.2. The summed E-state index contributed by atoms with van der Waals surface area (Å²) in [6, 6.07) is 10.7. The highest BCUT2D eigenvalue weighted by Crippen LogP contribution is 2.42. The quantitative estimate of drug-likeness (QED) is 0.320. The number of fused-ring (bicyclic) bond motifs is 4. The number of benzene rings is 1. The zero-order valence-electron chi connectivity index (χ0n) is 23.0. The maximum Gasteiger partial charge on any atom is 0.261 e. The zero-order chi connectivity index (χ0) is 28.6. The van der Waals surface area contributed by atoms with Gasteiger partial charge in [0, 0.05) is 60.2 Å². The molecular formula is C32H28F3N7. The molecule has 3 aliphatic heterocycles. The first-order chi connectivity index (χ1) is 20.3. The van der Waals surface area contributed by atoms with Gasteiger partial charge in [0.1, 0.15) is 23.5 Å². The Hall–Kier alpha value is -4.31. The van der Waals surface area contributed by atoms with Gasteiger partial charge in [-0.05, 0) is 54.8 Å². The molecule has 2 fully saturated rings. The Balaban J connectivity index is 1.14. The van der Waals surface area contributed by atoms with Crippen molar-refractivity contribution >= 4 is 17.6 Å². The summed E-state index contributed by atoms with van der Waals surface area (Å²) in [6.07, 6.45) is 10.2. The molecule has 8 rings (SSSR count). The van der Waals surface area contributed by atoms with E-state index in [9.17, 15) is 13.2 Å². The molecule has 0 spiro atoms. The van der Waals surface area contributed by atoms with Crippen LogP contribution in [0.15, 0.2) is 66.1 Å². The third-order valence-electron chi connectivity index (χ3n) is 8.83. The number of aromatic nitrogens is 4. The van der Waals surface area contributed by atoms with Crippen molar-refractivity contribution in [2.75, 3.05) is 24.5 Å². The number of likely N-dealkylation sites (tertiary alicyclic amines) is 1. The number of H-pyrrole nitrogens is 1. The number of nitrogens with zero attached hydrogens (tertiary/aromatic N) is 6. The molecule has 1 N–H and O–H groups in total. The lowest BCUT2D eigenvalue weighted by Gasteiger charge is -2.31. The standard InChI is InChI=1S/C32H28F3N7/c1-31(22-4-6-23(33)7-5-22)8-2-3-25-28(31)40-29(38-25)27-24-12-21(15-37-30(24)42-17-26(42)39-27)20-11-19(13-36-14-20)16-41-10-9-32(34,35)18-41/h2-7,11-15,26H,8-10,16-18H2,1H3,(H,38,40). The van der Waals surface area contributed by atoms with E-state index < -0.39 is 11.3 Å². The van der Waals surface area contributed by atoms with Gasteiger partial charge < -0.3 is 9.88 Å². The molecule has 0 bridgehead atoms. The first-order valence-corrected chi connectivity index (χ1v) is 14.2. The Morgan fingerprint density at radius 2 is 1.90 bits per heavy atom. The second-order valence-electron chi connectivity index (χ2n) is 11.9. The molecule has 0 amide bonds. The van der Waals surface area contributed by atoms with Gasteiger partial charge in [0.05, 0.1) is 24.5 Å². The normalized spacial score (nSPS) is 23.8. The summed E-state index contributed by atoms with van der Waals surface area (Å²) in [4.78, 5) is 26.7. The summed E-state index contributed by atoms with van der Waals surface area (Å²) < 4.78 is 41.2. The van der Waals surface area contributed by atoms with Crippen molar-refractivity contribution in [2.45, 2.75) is 43.8 Å². The van der Waals surface area contributed by atoms with E-state index in [4.69, 9.17) is 15.0 Å². The number of aliphatic imine (C=N–C) groups is 1. The minimum absolute atomic E-state index is 0.0376. The van der Waals surface area contributed by atoms with Crippen molar-refractivity contribution in [3.8, 4) is 11.1 Å². The van der Waals surface area contributed by atoms with Gasteiger partial charge in [-0.25, -0.2) is 23.1 Å². The van der Waals surface area contributed by atoms with Gasteiger partial charge >= 0.3 is 0 Å². The van der Waals surface area contributed by atoms with Crippen LogP contribution in [0.4, 0.5) is 19.0 Å². The van der Waals surface area contributed by atoms with Crippen LogP contribution in [0.25, 0.3) is 17.2 Å². The average molecular weight is 568 g/mol. The molecule has 10 heteroatoms. The van der Waals surface area contributed by atoms with Crippen molar-refractivity contribution in [1.82, 2.24) is 24.8 Å². The number of nitrogens with one attached hydrogen (secondary N) is 1. The number of hydrogen-bond donors (Lipinski definition) is 1. The van der Waals surface area contributed by atoms with Crippen molar-refractivity contribution in [1.29, 1.82) is 0 Å². The van der Waals surface area contributed by atoms with E-state index in [0.717, 1.165) is 63.7 Å².